The van der Waals surface area contributed by atoms with Crippen LogP contribution in [0.5, 0.6) is 0 Å². The van der Waals surface area contributed by atoms with E-state index in [4.69, 9.17) is 4.42 Å². The van der Waals surface area contributed by atoms with Crippen molar-refractivity contribution in [3.63, 3.8) is 0 Å². The van der Waals surface area contributed by atoms with Crippen molar-refractivity contribution in [1.82, 2.24) is 4.90 Å². The number of furan rings is 1. The summed E-state index contributed by atoms with van der Waals surface area (Å²) in [6, 6.07) is 25.0. The predicted molar refractivity (Wildman–Crippen MR) is 139 cm³/mol. The van der Waals surface area contributed by atoms with Gasteiger partial charge in [-0.3, -0.25) is 9.59 Å². The van der Waals surface area contributed by atoms with Crippen molar-refractivity contribution in [1.29, 1.82) is 0 Å². The monoisotopic (exact) mass is 467 g/mol. The number of nitrogens with zero attached hydrogens (tertiary/aromatic N) is 2. The first-order valence-corrected chi connectivity index (χ1v) is 12.0. The van der Waals surface area contributed by atoms with Crippen LogP contribution in [0.2, 0.25) is 0 Å². The smallest absolute Gasteiger partial charge is 0.291 e. The molecule has 0 atom stereocenters. The molecule has 2 amide bonds. The number of fused-ring (bicyclic) bond motifs is 1. The largest absolute Gasteiger partial charge is 0.451 e. The van der Waals surface area contributed by atoms with Gasteiger partial charge in [0.1, 0.15) is 5.58 Å². The molecule has 0 radical (unpaired) electrons. The van der Waals surface area contributed by atoms with Crippen LogP contribution in [0.15, 0.2) is 83.3 Å². The summed E-state index contributed by atoms with van der Waals surface area (Å²) in [6.45, 7) is 2.74. The number of amides is 2. The van der Waals surface area contributed by atoms with Gasteiger partial charge in [-0.05, 0) is 54.3 Å². The van der Waals surface area contributed by atoms with E-state index in [9.17, 15) is 9.59 Å². The molecule has 4 aromatic rings. The zero-order valence-corrected chi connectivity index (χ0v) is 19.9. The molecule has 1 aliphatic heterocycles. The van der Waals surface area contributed by atoms with Crippen LogP contribution in [-0.4, -0.2) is 36.9 Å². The van der Waals surface area contributed by atoms with Gasteiger partial charge in [-0.1, -0.05) is 48.5 Å². The van der Waals surface area contributed by atoms with Crippen LogP contribution in [0.3, 0.4) is 0 Å². The highest BCUT2D eigenvalue weighted by Gasteiger charge is 2.18. The van der Waals surface area contributed by atoms with Crippen molar-refractivity contribution in [3.8, 4) is 0 Å². The number of carbonyl (C=O) groups excluding carboxylic acids is 2. The van der Waals surface area contributed by atoms with Crippen LogP contribution in [-0.2, 0) is 17.8 Å². The predicted octanol–water partition coefficient (Wildman–Crippen LogP) is 5.49. The van der Waals surface area contributed by atoms with Crippen LogP contribution in [0.1, 0.15) is 34.5 Å². The van der Waals surface area contributed by atoms with Crippen LogP contribution in [0.4, 0.5) is 11.4 Å². The molecule has 5 rings (SSSR count). The fourth-order valence-corrected chi connectivity index (χ4v) is 4.56. The van der Waals surface area contributed by atoms with Gasteiger partial charge in [-0.15, -0.1) is 0 Å². The Bertz CT molecular complexity index is 1300. The van der Waals surface area contributed by atoms with E-state index in [1.165, 1.54) is 24.1 Å². The van der Waals surface area contributed by atoms with Crippen LogP contribution < -0.4 is 10.2 Å². The highest BCUT2D eigenvalue weighted by molar-refractivity contribution is 6.04. The van der Waals surface area contributed by atoms with Gasteiger partial charge in [0, 0.05) is 43.4 Å². The van der Waals surface area contributed by atoms with E-state index in [0.29, 0.717) is 24.2 Å². The maximum absolute atomic E-state index is 12.9. The molecule has 1 saturated heterocycles. The fourth-order valence-electron chi connectivity index (χ4n) is 4.56. The minimum atomic E-state index is -0.304. The van der Waals surface area contributed by atoms with E-state index in [1.807, 2.05) is 61.6 Å². The van der Waals surface area contributed by atoms with Crippen LogP contribution in [0, 0.1) is 0 Å². The Hall–Kier alpha value is -4.06. The Morgan fingerprint density at radius 2 is 1.66 bits per heavy atom. The standard InChI is InChI=1S/C29H29N3O3/c1-31(20-23-9-2-4-10-25(23)32-16-6-7-17-32)28(33)18-21-12-14-24(15-13-21)30-29(34)27-19-22-8-3-5-11-26(22)35-27/h2-5,8-15,19H,6-7,16-18,20H2,1H3,(H,30,34). The summed E-state index contributed by atoms with van der Waals surface area (Å²) in [6.07, 6.45) is 2.75. The molecule has 1 aliphatic rings. The lowest BCUT2D eigenvalue weighted by Gasteiger charge is -2.24. The van der Waals surface area contributed by atoms with E-state index in [-0.39, 0.29) is 17.6 Å². The summed E-state index contributed by atoms with van der Waals surface area (Å²) < 4.78 is 5.63. The molecule has 0 spiro atoms. The molecule has 35 heavy (non-hydrogen) atoms. The summed E-state index contributed by atoms with van der Waals surface area (Å²) in [5.41, 5.74) is 4.64. The van der Waals surface area contributed by atoms with Crippen molar-refractivity contribution in [2.45, 2.75) is 25.8 Å². The third kappa shape index (κ3) is 5.22. The van der Waals surface area contributed by atoms with Crippen molar-refractivity contribution in [3.05, 3.63) is 95.7 Å². The number of carbonyl (C=O) groups is 2. The van der Waals surface area contributed by atoms with Gasteiger partial charge in [0.25, 0.3) is 5.91 Å². The average Bonchev–Trinajstić information content (AvgIpc) is 3.56. The first-order valence-electron chi connectivity index (χ1n) is 12.0. The zero-order valence-electron chi connectivity index (χ0n) is 19.9. The van der Waals surface area contributed by atoms with Gasteiger partial charge in [-0.25, -0.2) is 0 Å². The van der Waals surface area contributed by atoms with Gasteiger partial charge in [0.05, 0.1) is 6.42 Å². The number of benzene rings is 3. The van der Waals surface area contributed by atoms with E-state index < -0.39 is 0 Å². The number of para-hydroxylation sites is 2. The Morgan fingerprint density at radius 1 is 0.943 bits per heavy atom. The Labute approximate surface area is 205 Å². The summed E-state index contributed by atoms with van der Waals surface area (Å²) in [5, 5.41) is 3.74. The number of likely N-dealkylation sites (N-methyl/N-ethyl adjacent to an activating group) is 1. The van der Waals surface area contributed by atoms with Crippen molar-refractivity contribution < 1.29 is 14.0 Å². The van der Waals surface area contributed by atoms with E-state index in [0.717, 1.165) is 24.0 Å². The van der Waals surface area contributed by atoms with Crippen LogP contribution >= 0.6 is 0 Å². The number of anilines is 2. The average molecular weight is 468 g/mol. The van der Waals surface area contributed by atoms with Crippen LogP contribution in [0.25, 0.3) is 11.0 Å². The summed E-state index contributed by atoms with van der Waals surface area (Å²) in [7, 11) is 1.85. The maximum Gasteiger partial charge on any atom is 0.291 e. The molecule has 178 valence electrons. The molecule has 1 N–H and O–H groups in total. The summed E-state index contributed by atoms with van der Waals surface area (Å²) >= 11 is 0. The normalized spacial score (nSPS) is 13.2. The molecule has 0 bridgehead atoms. The second kappa shape index (κ2) is 10.1. The lowest BCUT2D eigenvalue weighted by atomic mass is 10.1. The number of rotatable bonds is 7. The highest BCUT2D eigenvalue weighted by atomic mass is 16.3. The van der Waals surface area contributed by atoms with Crippen molar-refractivity contribution in [2.75, 3.05) is 30.4 Å². The Balaban J connectivity index is 1.18. The third-order valence-corrected chi connectivity index (χ3v) is 6.49. The minimum absolute atomic E-state index is 0.0558. The Morgan fingerprint density at radius 3 is 2.43 bits per heavy atom. The molecule has 0 unspecified atom stereocenters. The molecule has 2 heterocycles. The lowest BCUT2D eigenvalue weighted by molar-refractivity contribution is -0.129. The van der Waals surface area contributed by atoms with Crippen molar-refractivity contribution in [2.24, 2.45) is 0 Å². The highest BCUT2D eigenvalue weighted by Crippen LogP contribution is 2.26. The molecule has 3 aromatic carbocycles. The molecular weight excluding hydrogens is 438 g/mol. The van der Waals surface area contributed by atoms with Gasteiger partial charge in [-0.2, -0.15) is 0 Å². The topological polar surface area (TPSA) is 65.8 Å². The van der Waals surface area contributed by atoms with E-state index >= 15 is 0 Å². The van der Waals surface area contributed by atoms with Gasteiger partial charge < -0.3 is 19.5 Å². The first-order chi connectivity index (χ1) is 17.1. The SMILES string of the molecule is CN(Cc1ccccc1N1CCCC1)C(=O)Cc1ccc(NC(=O)c2cc3ccccc3o2)cc1. The lowest BCUT2D eigenvalue weighted by Crippen LogP contribution is -2.29. The summed E-state index contributed by atoms with van der Waals surface area (Å²) in [4.78, 5) is 29.7. The third-order valence-electron chi connectivity index (χ3n) is 6.49. The molecule has 1 fully saturated rings. The second-order valence-corrected chi connectivity index (χ2v) is 9.05. The molecule has 6 nitrogen and oxygen atoms in total. The van der Waals surface area contributed by atoms with E-state index in [1.54, 1.807) is 11.0 Å². The molecule has 6 heteroatoms. The van der Waals surface area contributed by atoms with Gasteiger partial charge in [0.2, 0.25) is 5.91 Å². The van der Waals surface area contributed by atoms with Gasteiger partial charge >= 0.3 is 0 Å². The maximum atomic E-state index is 12.9. The van der Waals surface area contributed by atoms with E-state index in [2.05, 4.69) is 28.4 Å². The molecule has 0 saturated carbocycles. The Kier molecular flexibility index (Phi) is 6.53. The number of hydrogen-bond donors (Lipinski definition) is 1. The molecule has 1 aromatic heterocycles. The first kappa shape index (κ1) is 22.7. The summed E-state index contributed by atoms with van der Waals surface area (Å²) in [5.74, 6) is 0.0167. The zero-order chi connectivity index (χ0) is 24.2. The molecular formula is C29H29N3O3. The quantitative estimate of drug-likeness (QED) is 0.391. The number of nitrogens with one attached hydrogen (secondary N) is 1. The molecule has 0 aliphatic carbocycles. The number of hydrogen-bond acceptors (Lipinski definition) is 4. The van der Waals surface area contributed by atoms with Crippen molar-refractivity contribution >= 4 is 34.2 Å². The fraction of sp³-hybridized carbons (Fsp3) is 0.241. The van der Waals surface area contributed by atoms with Gasteiger partial charge in [0.15, 0.2) is 5.76 Å². The second-order valence-electron chi connectivity index (χ2n) is 9.05. The minimum Gasteiger partial charge on any atom is -0.451 e.